The van der Waals surface area contributed by atoms with Gasteiger partial charge in [0, 0.05) is 12.6 Å². The van der Waals surface area contributed by atoms with Crippen LogP contribution in [0.25, 0.3) is 0 Å². The molecule has 1 N–H and O–H groups in total. The monoisotopic (exact) mass is 281 g/mol. The van der Waals surface area contributed by atoms with E-state index in [1.807, 2.05) is 0 Å². The third kappa shape index (κ3) is 3.55. The lowest BCUT2D eigenvalue weighted by Crippen LogP contribution is -2.47. The largest absolute Gasteiger partial charge is 0.481 e. The number of hydrogen-bond donors (Lipinski definition) is 1. The molecule has 3 nitrogen and oxygen atoms in total. The Morgan fingerprint density at radius 3 is 2.15 bits per heavy atom. The molecule has 20 heavy (non-hydrogen) atoms. The summed E-state index contributed by atoms with van der Waals surface area (Å²) < 4.78 is 0. The van der Waals surface area contributed by atoms with Crippen molar-refractivity contribution in [3.63, 3.8) is 0 Å². The molecule has 0 spiro atoms. The maximum Gasteiger partial charge on any atom is 0.310 e. The van der Waals surface area contributed by atoms with Gasteiger partial charge in [-0.3, -0.25) is 4.79 Å². The smallest absolute Gasteiger partial charge is 0.310 e. The van der Waals surface area contributed by atoms with Crippen molar-refractivity contribution < 1.29 is 9.90 Å². The lowest BCUT2D eigenvalue weighted by molar-refractivity contribution is -0.153. The highest BCUT2D eigenvalue weighted by Gasteiger charge is 2.42. The Morgan fingerprint density at radius 1 is 1.10 bits per heavy atom. The lowest BCUT2D eigenvalue weighted by atomic mass is 9.72. The van der Waals surface area contributed by atoms with Crippen LogP contribution in [0.2, 0.25) is 0 Å². The Hall–Kier alpha value is -0.570. The SMILES string of the molecule is CN(CC1(C(=O)O)CCCCC1)C1CCC(C)(C)CC1. The summed E-state index contributed by atoms with van der Waals surface area (Å²) in [6.07, 6.45) is 10.1. The molecule has 2 aliphatic carbocycles. The molecular formula is C17H31NO2. The van der Waals surface area contributed by atoms with E-state index in [1.165, 1.54) is 32.1 Å². The number of hydrogen-bond acceptors (Lipinski definition) is 2. The van der Waals surface area contributed by atoms with Crippen molar-refractivity contribution >= 4 is 5.97 Å². The summed E-state index contributed by atoms with van der Waals surface area (Å²) in [7, 11) is 2.14. The second kappa shape index (κ2) is 6.05. The van der Waals surface area contributed by atoms with Gasteiger partial charge >= 0.3 is 5.97 Å². The normalized spacial score (nSPS) is 26.6. The maximum absolute atomic E-state index is 11.8. The highest BCUT2D eigenvalue weighted by atomic mass is 16.4. The summed E-state index contributed by atoms with van der Waals surface area (Å²) in [5.41, 5.74) is 0.00658. The zero-order valence-corrected chi connectivity index (χ0v) is 13.5. The fraction of sp³-hybridized carbons (Fsp3) is 0.941. The van der Waals surface area contributed by atoms with Crippen molar-refractivity contribution in [3.8, 4) is 0 Å². The molecule has 0 amide bonds. The van der Waals surface area contributed by atoms with E-state index in [9.17, 15) is 9.90 Å². The summed E-state index contributed by atoms with van der Waals surface area (Å²) >= 11 is 0. The van der Waals surface area contributed by atoms with Gasteiger partial charge in [0.1, 0.15) is 0 Å². The van der Waals surface area contributed by atoms with E-state index in [2.05, 4.69) is 25.8 Å². The van der Waals surface area contributed by atoms with Crippen LogP contribution in [0.15, 0.2) is 0 Å². The number of carbonyl (C=O) groups is 1. The molecule has 0 atom stereocenters. The topological polar surface area (TPSA) is 40.5 Å². The molecule has 0 aromatic carbocycles. The van der Waals surface area contributed by atoms with Crippen molar-refractivity contribution in [2.75, 3.05) is 13.6 Å². The minimum Gasteiger partial charge on any atom is -0.481 e. The minimum atomic E-state index is -0.569. The Bertz CT molecular complexity index is 335. The molecule has 0 saturated heterocycles. The van der Waals surface area contributed by atoms with E-state index in [-0.39, 0.29) is 0 Å². The number of carboxylic acid groups (broad SMARTS) is 1. The molecule has 2 fully saturated rings. The first-order valence-corrected chi connectivity index (χ1v) is 8.28. The molecule has 2 aliphatic rings. The van der Waals surface area contributed by atoms with Gasteiger partial charge in [-0.1, -0.05) is 33.1 Å². The zero-order valence-electron chi connectivity index (χ0n) is 13.5. The van der Waals surface area contributed by atoms with Crippen molar-refractivity contribution in [2.45, 2.75) is 77.7 Å². The number of rotatable bonds is 4. The summed E-state index contributed by atoms with van der Waals surface area (Å²) in [5, 5.41) is 9.69. The van der Waals surface area contributed by atoms with Gasteiger partial charge in [-0.25, -0.2) is 0 Å². The Balaban J connectivity index is 1.95. The van der Waals surface area contributed by atoms with Crippen molar-refractivity contribution in [1.82, 2.24) is 4.90 Å². The summed E-state index contributed by atoms with van der Waals surface area (Å²) in [5.74, 6) is -0.569. The van der Waals surface area contributed by atoms with Gasteiger partial charge in [0.05, 0.1) is 5.41 Å². The van der Waals surface area contributed by atoms with Crippen molar-refractivity contribution in [1.29, 1.82) is 0 Å². The highest BCUT2D eigenvalue weighted by Crippen LogP contribution is 2.40. The van der Waals surface area contributed by atoms with Crippen LogP contribution in [-0.2, 0) is 4.79 Å². The molecule has 2 rings (SSSR count). The molecule has 116 valence electrons. The molecule has 2 saturated carbocycles. The molecule has 0 unspecified atom stereocenters. The van der Waals surface area contributed by atoms with Crippen LogP contribution in [0, 0.1) is 10.8 Å². The second-order valence-electron chi connectivity index (χ2n) is 7.96. The predicted octanol–water partition coefficient (Wildman–Crippen LogP) is 3.92. The van der Waals surface area contributed by atoms with Crippen LogP contribution in [-0.4, -0.2) is 35.6 Å². The molecule has 0 aliphatic heterocycles. The van der Waals surface area contributed by atoms with Gasteiger partial charge in [-0.15, -0.1) is 0 Å². The van der Waals surface area contributed by atoms with Gasteiger partial charge < -0.3 is 10.0 Å². The second-order valence-corrected chi connectivity index (χ2v) is 7.96. The van der Waals surface area contributed by atoms with Crippen LogP contribution in [0.3, 0.4) is 0 Å². The molecule has 0 aromatic heterocycles. The Labute approximate surface area is 123 Å². The van der Waals surface area contributed by atoms with E-state index in [4.69, 9.17) is 0 Å². The first kappa shape index (κ1) is 15.8. The fourth-order valence-corrected chi connectivity index (χ4v) is 4.10. The maximum atomic E-state index is 11.8. The number of aliphatic carboxylic acids is 1. The van der Waals surface area contributed by atoms with E-state index in [1.54, 1.807) is 0 Å². The van der Waals surface area contributed by atoms with E-state index in [0.29, 0.717) is 11.5 Å². The average molecular weight is 281 g/mol. The van der Waals surface area contributed by atoms with Crippen molar-refractivity contribution in [3.05, 3.63) is 0 Å². The predicted molar refractivity (Wildman–Crippen MR) is 81.8 cm³/mol. The standard InChI is InChI=1S/C17H31NO2/c1-16(2)11-7-14(8-12-16)18(3)13-17(15(19)20)9-5-4-6-10-17/h14H,4-13H2,1-3H3,(H,19,20). The van der Waals surface area contributed by atoms with Crippen LogP contribution in [0.1, 0.15) is 71.6 Å². The molecule has 0 bridgehead atoms. The number of nitrogens with zero attached hydrogens (tertiary/aromatic N) is 1. The first-order valence-electron chi connectivity index (χ1n) is 8.28. The van der Waals surface area contributed by atoms with E-state index in [0.717, 1.165) is 32.2 Å². The molecule has 0 radical (unpaired) electrons. The third-order valence-electron chi connectivity index (χ3n) is 5.75. The molecular weight excluding hydrogens is 250 g/mol. The van der Waals surface area contributed by atoms with Gasteiger partial charge in [0.15, 0.2) is 0 Å². The molecule has 3 heteroatoms. The highest BCUT2D eigenvalue weighted by molar-refractivity contribution is 5.75. The first-order chi connectivity index (χ1) is 9.35. The Morgan fingerprint density at radius 2 is 1.65 bits per heavy atom. The third-order valence-corrected chi connectivity index (χ3v) is 5.75. The van der Waals surface area contributed by atoms with Crippen LogP contribution < -0.4 is 0 Å². The van der Waals surface area contributed by atoms with Gasteiger partial charge in [0.25, 0.3) is 0 Å². The van der Waals surface area contributed by atoms with Crippen LogP contribution in [0.4, 0.5) is 0 Å². The molecule has 0 aromatic rings. The van der Waals surface area contributed by atoms with E-state index >= 15 is 0 Å². The van der Waals surface area contributed by atoms with E-state index < -0.39 is 11.4 Å². The number of carboxylic acids is 1. The quantitative estimate of drug-likeness (QED) is 0.849. The lowest BCUT2D eigenvalue weighted by Gasteiger charge is -2.43. The minimum absolute atomic E-state index is 0.472. The van der Waals surface area contributed by atoms with Gasteiger partial charge in [-0.2, -0.15) is 0 Å². The summed E-state index contributed by atoms with van der Waals surface area (Å²) in [6.45, 7) is 5.44. The van der Waals surface area contributed by atoms with Gasteiger partial charge in [-0.05, 0) is 51.0 Å². The summed E-state index contributed by atoms with van der Waals surface area (Å²) in [4.78, 5) is 14.1. The Kier molecular flexibility index (Phi) is 4.78. The average Bonchev–Trinajstić information content (AvgIpc) is 2.39. The zero-order chi connectivity index (χ0) is 14.8. The summed E-state index contributed by atoms with van der Waals surface area (Å²) in [6, 6.07) is 0.584. The van der Waals surface area contributed by atoms with Gasteiger partial charge in [0.2, 0.25) is 0 Å². The molecule has 0 heterocycles. The van der Waals surface area contributed by atoms with Crippen LogP contribution in [0.5, 0.6) is 0 Å². The van der Waals surface area contributed by atoms with Crippen LogP contribution >= 0.6 is 0 Å². The van der Waals surface area contributed by atoms with Crippen molar-refractivity contribution in [2.24, 2.45) is 10.8 Å². The fourth-order valence-electron chi connectivity index (χ4n) is 4.10.